The van der Waals surface area contributed by atoms with Crippen LogP contribution in [-0.4, -0.2) is 29.3 Å². The van der Waals surface area contributed by atoms with E-state index in [-0.39, 0.29) is 28.3 Å². The molecule has 26 heavy (non-hydrogen) atoms. The molecular formula is C17H14F2N4O2S. The summed E-state index contributed by atoms with van der Waals surface area (Å²) in [6.45, 7) is -3.19. The molecular weight excluding hydrogens is 362 g/mol. The van der Waals surface area contributed by atoms with Crippen molar-refractivity contribution in [3.8, 4) is 6.07 Å². The van der Waals surface area contributed by atoms with Gasteiger partial charge in [-0.25, -0.2) is 13.4 Å². The van der Waals surface area contributed by atoms with Gasteiger partial charge in [0.05, 0.1) is 34.1 Å². The predicted molar refractivity (Wildman–Crippen MR) is 90.8 cm³/mol. The molecule has 0 N–H and O–H groups in total. The summed E-state index contributed by atoms with van der Waals surface area (Å²) in [6.07, 6.45) is 0. The lowest BCUT2D eigenvalue weighted by Crippen LogP contribution is -2.28. The molecule has 0 aliphatic heterocycles. The zero-order valence-corrected chi connectivity index (χ0v) is 14.5. The van der Waals surface area contributed by atoms with E-state index in [2.05, 4.69) is 4.98 Å². The van der Waals surface area contributed by atoms with Crippen LogP contribution in [-0.2, 0) is 16.6 Å². The smallest absolute Gasteiger partial charge is 0.269 e. The second-order valence-corrected chi connectivity index (χ2v) is 7.61. The van der Waals surface area contributed by atoms with E-state index in [1.807, 2.05) is 6.07 Å². The van der Waals surface area contributed by atoms with Crippen LogP contribution in [0, 0.1) is 11.3 Å². The Kier molecular flexibility index (Phi) is 4.71. The van der Waals surface area contributed by atoms with Gasteiger partial charge in [-0.3, -0.25) is 4.57 Å². The van der Waals surface area contributed by atoms with E-state index >= 15 is 0 Å². The molecule has 0 unspecified atom stereocenters. The highest BCUT2D eigenvalue weighted by Gasteiger charge is 2.25. The molecule has 0 atom stereocenters. The highest BCUT2D eigenvalue weighted by Crippen LogP contribution is 2.25. The van der Waals surface area contributed by atoms with Gasteiger partial charge in [0.15, 0.2) is 0 Å². The van der Waals surface area contributed by atoms with E-state index in [1.54, 1.807) is 18.2 Å². The summed E-state index contributed by atoms with van der Waals surface area (Å²) in [5.41, 5.74) is 0.786. The molecule has 0 spiro atoms. The first-order valence-corrected chi connectivity index (χ1v) is 8.99. The largest absolute Gasteiger partial charge is 0.320 e. The highest BCUT2D eigenvalue weighted by atomic mass is 32.2. The average Bonchev–Trinajstić information content (AvgIpc) is 2.99. The minimum atomic E-state index is -3.97. The molecule has 134 valence electrons. The van der Waals surface area contributed by atoms with E-state index < -0.39 is 16.6 Å². The minimum Gasteiger partial charge on any atom is -0.269 e. The number of benzene rings is 2. The summed E-state index contributed by atoms with van der Waals surface area (Å²) >= 11 is 0. The van der Waals surface area contributed by atoms with E-state index in [0.29, 0.717) is 10.1 Å². The first-order valence-electron chi connectivity index (χ1n) is 7.55. The van der Waals surface area contributed by atoms with Crippen LogP contribution in [0.3, 0.4) is 0 Å². The maximum atomic E-state index is 13.5. The Labute approximate surface area is 149 Å². The number of halogens is 2. The standard InChI is InChI=1S/C17H14F2N4O2S/c1-22(26(24,25)13-6-4-5-12(9-13)10-20)11-16-21-14-7-2-3-8-15(14)23(16)17(18)19/h2-9,17H,11H2,1H3. The van der Waals surface area contributed by atoms with Crippen molar-refractivity contribution in [3.63, 3.8) is 0 Å². The minimum absolute atomic E-state index is 0.0660. The van der Waals surface area contributed by atoms with Crippen molar-refractivity contribution in [2.24, 2.45) is 0 Å². The Morgan fingerprint density at radius 1 is 1.23 bits per heavy atom. The lowest BCUT2D eigenvalue weighted by Gasteiger charge is -2.18. The van der Waals surface area contributed by atoms with Gasteiger partial charge in [-0.1, -0.05) is 18.2 Å². The zero-order valence-electron chi connectivity index (χ0n) is 13.7. The summed E-state index contributed by atoms with van der Waals surface area (Å²) in [5.74, 6) is -0.0660. The second kappa shape index (κ2) is 6.82. The van der Waals surface area contributed by atoms with Gasteiger partial charge in [0.25, 0.3) is 0 Å². The molecule has 0 radical (unpaired) electrons. The number of imidazole rings is 1. The Morgan fingerprint density at radius 2 is 1.96 bits per heavy atom. The number of rotatable bonds is 5. The maximum absolute atomic E-state index is 13.5. The van der Waals surface area contributed by atoms with Crippen molar-refractivity contribution in [1.82, 2.24) is 13.9 Å². The van der Waals surface area contributed by atoms with Crippen LogP contribution in [0.25, 0.3) is 11.0 Å². The van der Waals surface area contributed by atoms with Gasteiger partial charge < -0.3 is 0 Å². The van der Waals surface area contributed by atoms with Crippen molar-refractivity contribution < 1.29 is 17.2 Å². The molecule has 0 amide bonds. The summed E-state index contributed by atoms with van der Waals surface area (Å²) < 4.78 is 54.0. The molecule has 0 fully saturated rings. The average molecular weight is 376 g/mol. The van der Waals surface area contributed by atoms with Crippen LogP contribution in [0.2, 0.25) is 0 Å². The van der Waals surface area contributed by atoms with Gasteiger partial charge in [-0.2, -0.15) is 18.3 Å². The fraction of sp³-hybridized carbons (Fsp3) is 0.176. The van der Waals surface area contributed by atoms with Crippen molar-refractivity contribution in [2.75, 3.05) is 7.05 Å². The van der Waals surface area contributed by atoms with E-state index in [0.717, 1.165) is 4.31 Å². The third-order valence-electron chi connectivity index (χ3n) is 3.90. The number of sulfonamides is 1. The number of hydrogen-bond donors (Lipinski definition) is 0. The van der Waals surface area contributed by atoms with Crippen molar-refractivity contribution >= 4 is 21.1 Å². The number of nitriles is 1. The lowest BCUT2D eigenvalue weighted by atomic mass is 10.2. The normalized spacial score (nSPS) is 12.0. The number of aromatic nitrogens is 2. The Hall–Kier alpha value is -2.83. The summed E-state index contributed by atoms with van der Waals surface area (Å²) in [5, 5.41) is 8.92. The number of fused-ring (bicyclic) bond motifs is 1. The highest BCUT2D eigenvalue weighted by molar-refractivity contribution is 7.89. The molecule has 9 heteroatoms. The van der Waals surface area contributed by atoms with E-state index in [1.165, 1.54) is 37.4 Å². The summed E-state index contributed by atoms with van der Waals surface area (Å²) in [7, 11) is -2.68. The molecule has 2 aromatic carbocycles. The number of nitrogens with zero attached hydrogens (tertiary/aromatic N) is 4. The van der Waals surface area contributed by atoms with Crippen molar-refractivity contribution in [1.29, 1.82) is 5.26 Å². The maximum Gasteiger partial charge on any atom is 0.320 e. The molecule has 0 aliphatic rings. The third kappa shape index (κ3) is 3.16. The molecule has 0 saturated carbocycles. The second-order valence-electron chi connectivity index (χ2n) is 5.57. The quantitative estimate of drug-likeness (QED) is 0.685. The number of hydrogen-bond acceptors (Lipinski definition) is 4. The van der Waals surface area contributed by atoms with Crippen LogP contribution in [0.5, 0.6) is 0 Å². The number of alkyl halides is 2. The van der Waals surface area contributed by atoms with Gasteiger partial charge in [0.2, 0.25) is 10.0 Å². The molecule has 3 aromatic rings. The topological polar surface area (TPSA) is 79.0 Å². The van der Waals surface area contributed by atoms with E-state index in [9.17, 15) is 17.2 Å². The van der Waals surface area contributed by atoms with Gasteiger partial charge in [0.1, 0.15) is 5.82 Å². The summed E-state index contributed by atoms with van der Waals surface area (Å²) in [4.78, 5) is 4.05. The SMILES string of the molecule is CN(Cc1nc2ccccc2n1C(F)F)S(=O)(=O)c1cccc(C#N)c1. The van der Waals surface area contributed by atoms with Crippen LogP contribution < -0.4 is 0 Å². The van der Waals surface area contributed by atoms with Crippen LogP contribution in [0.15, 0.2) is 53.4 Å². The molecule has 0 bridgehead atoms. The third-order valence-corrected chi connectivity index (χ3v) is 5.70. The molecule has 3 rings (SSSR count). The molecule has 0 saturated heterocycles. The zero-order chi connectivity index (χ0) is 18.9. The lowest BCUT2D eigenvalue weighted by molar-refractivity contribution is 0.0703. The van der Waals surface area contributed by atoms with E-state index in [4.69, 9.17) is 5.26 Å². The fourth-order valence-electron chi connectivity index (χ4n) is 2.61. The first-order chi connectivity index (χ1) is 12.3. The molecule has 6 nitrogen and oxygen atoms in total. The van der Waals surface area contributed by atoms with Gasteiger partial charge in [-0.05, 0) is 30.3 Å². The van der Waals surface area contributed by atoms with Crippen LogP contribution in [0.4, 0.5) is 8.78 Å². The Morgan fingerprint density at radius 3 is 2.65 bits per heavy atom. The van der Waals surface area contributed by atoms with Crippen molar-refractivity contribution in [3.05, 3.63) is 59.9 Å². The van der Waals surface area contributed by atoms with Crippen LogP contribution >= 0.6 is 0 Å². The summed E-state index contributed by atoms with van der Waals surface area (Å²) in [6, 6.07) is 13.8. The predicted octanol–water partition coefficient (Wildman–Crippen LogP) is 3.12. The number of para-hydroxylation sites is 2. The van der Waals surface area contributed by atoms with Crippen LogP contribution in [0.1, 0.15) is 17.9 Å². The first kappa shape index (κ1) is 18.0. The fourth-order valence-corrected chi connectivity index (χ4v) is 3.79. The Balaban J connectivity index is 1.99. The van der Waals surface area contributed by atoms with Gasteiger partial charge in [-0.15, -0.1) is 0 Å². The monoisotopic (exact) mass is 376 g/mol. The molecule has 0 aliphatic carbocycles. The van der Waals surface area contributed by atoms with Gasteiger partial charge >= 0.3 is 6.55 Å². The molecule has 1 heterocycles. The van der Waals surface area contributed by atoms with Crippen molar-refractivity contribution in [2.45, 2.75) is 18.0 Å². The van der Waals surface area contributed by atoms with Gasteiger partial charge in [0, 0.05) is 7.05 Å². The molecule has 1 aromatic heterocycles. The Bertz CT molecular complexity index is 1100.